The number of ether oxygens (including phenoxy) is 1. The number of tetrazole rings is 1. The van der Waals surface area contributed by atoms with E-state index in [0.717, 1.165) is 10.6 Å². The van der Waals surface area contributed by atoms with Gasteiger partial charge in [0.2, 0.25) is 11.6 Å². The van der Waals surface area contributed by atoms with E-state index in [9.17, 15) is 4.79 Å². The van der Waals surface area contributed by atoms with Gasteiger partial charge in [-0.1, -0.05) is 6.07 Å². The fourth-order valence-electron chi connectivity index (χ4n) is 1.86. The zero-order chi connectivity index (χ0) is 15.4. The van der Waals surface area contributed by atoms with Crippen molar-refractivity contribution in [3.05, 3.63) is 58.6 Å². The van der Waals surface area contributed by atoms with Crippen molar-refractivity contribution >= 4 is 23.2 Å². The highest BCUT2D eigenvalue weighted by atomic mass is 32.1. The Hall–Kier alpha value is -2.80. The predicted molar refractivity (Wildman–Crippen MR) is 83.4 cm³/mol. The summed E-state index contributed by atoms with van der Waals surface area (Å²) >= 11 is 1.56. The number of carbonyl (C=O) groups excluding carboxylic acids is 1. The van der Waals surface area contributed by atoms with Gasteiger partial charge in [-0.05, 0) is 58.3 Å². The average Bonchev–Trinajstić information content (AvgIpc) is 3.24. The molecule has 22 heavy (non-hydrogen) atoms. The molecule has 0 aliphatic rings. The van der Waals surface area contributed by atoms with Crippen LogP contribution in [0.15, 0.2) is 47.9 Å². The summed E-state index contributed by atoms with van der Waals surface area (Å²) in [7, 11) is 1.59. The summed E-state index contributed by atoms with van der Waals surface area (Å²) < 4.78 is 6.51. The monoisotopic (exact) mass is 312 g/mol. The summed E-state index contributed by atoms with van der Waals surface area (Å²) in [5.74, 6) is 0.634. The fourth-order valence-corrected chi connectivity index (χ4v) is 2.47. The van der Waals surface area contributed by atoms with Crippen molar-refractivity contribution in [2.75, 3.05) is 7.11 Å². The quantitative estimate of drug-likeness (QED) is 0.535. The van der Waals surface area contributed by atoms with Gasteiger partial charge in [0.25, 0.3) is 0 Å². The van der Waals surface area contributed by atoms with Crippen LogP contribution in [0.1, 0.15) is 15.5 Å². The Balaban J connectivity index is 1.86. The molecule has 0 aliphatic carbocycles. The highest BCUT2D eigenvalue weighted by molar-refractivity contribution is 7.10. The molecule has 110 valence electrons. The molecule has 3 aromatic rings. The third-order valence-electron chi connectivity index (χ3n) is 2.95. The van der Waals surface area contributed by atoms with Gasteiger partial charge < -0.3 is 4.74 Å². The number of hydrogen-bond donors (Lipinski definition) is 0. The molecule has 0 unspecified atom stereocenters. The van der Waals surface area contributed by atoms with Crippen LogP contribution < -0.4 is 4.74 Å². The number of hydrogen-bond acceptors (Lipinski definition) is 6. The molecule has 0 N–H and O–H groups in total. The summed E-state index contributed by atoms with van der Waals surface area (Å²) in [5, 5.41) is 13.2. The molecule has 1 aromatic carbocycles. The maximum Gasteiger partial charge on any atom is 0.227 e. The minimum atomic E-state index is -0.255. The van der Waals surface area contributed by atoms with E-state index in [2.05, 4.69) is 15.5 Å². The number of aromatic nitrogens is 4. The Morgan fingerprint density at radius 1 is 1.27 bits per heavy atom. The van der Waals surface area contributed by atoms with E-state index in [-0.39, 0.29) is 11.6 Å². The molecule has 0 bridgehead atoms. The molecule has 0 spiro atoms. The van der Waals surface area contributed by atoms with E-state index in [1.165, 1.54) is 10.8 Å². The number of thiophene rings is 1. The van der Waals surface area contributed by atoms with E-state index in [1.807, 2.05) is 17.5 Å². The Morgan fingerprint density at radius 3 is 2.77 bits per heavy atom. The number of ketones is 1. The van der Waals surface area contributed by atoms with Crippen molar-refractivity contribution in [3.8, 4) is 11.4 Å². The SMILES string of the molecule is COc1ccc(-n2nnnc2C(=O)/C=C/c2cccs2)cc1. The molecule has 0 saturated heterocycles. The Labute approximate surface area is 130 Å². The van der Waals surface area contributed by atoms with Crippen LogP contribution in [0, 0.1) is 0 Å². The van der Waals surface area contributed by atoms with Gasteiger partial charge in [0.15, 0.2) is 0 Å². The molecule has 0 fully saturated rings. The van der Waals surface area contributed by atoms with Crippen molar-refractivity contribution in [2.45, 2.75) is 0 Å². The standard InChI is InChI=1S/C15H12N4O2S/c1-21-12-6-4-11(5-7-12)19-15(16-17-18-19)14(20)9-8-13-3-2-10-22-13/h2-10H,1H3/b9-8+. The minimum Gasteiger partial charge on any atom is -0.497 e. The molecule has 7 heteroatoms. The van der Waals surface area contributed by atoms with Crippen LogP contribution in [-0.4, -0.2) is 33.1 Å². The first-order valence-electron chi connectivity index (χ1n) is 6.46. The lowest BCUT2D eigenvalue weighted by Gasteiger charge is -2.03. The molecule has 0 aliphatic heterocycles. The van der Waals surface area contributed by atoms with Gasteiger partial charge in [0.05, 0.1) is 12.8 Å². The van der Waals surface area contributed by atoms with Gasteiger partial charge in [-0.3, -0.25) is 4.79 Å². The highest BCUT2D eigenvalue weighted by Gasteiger charge is 2.14. The maximum absolute atomic E-state index is 12.2. The summed E-state index contributed by atoms with van der Waals surface area (Å²) in [6.07, 6.45) is 3.22. The van der Waals surface area contributed by atoms with Crippen molar-refractivity contribution in [2.24, 2.45) is 0 Å². The average molecular weight is 312 g/mol. The van der Waals surface area contributed by atoms with E-state index in [4.69, 9.17) is 4.74 Å². The van der Waals surface area contributed by atoms with E-state index in [1.54, 1.807) is 48.8 Å². The van der Waals surface area contributed by atoms with Crippen LogP contribution in [0.3, 0.4) is 0 Å². The predicted octanol–water partition coefficient (Wildman–Crippen LogP) is 2.63. The summed E-state index contributed by atoms with van der Waals surface area (Å²) in [6, 6.07) is 11.0. The normalized spacial score (nSPS) is 11.0. The van der Waals surface area contributed by atoms with E-state index in [0.29, 0.717) is 5.69 Å². The first-order valence-corrected chi connectivity index (χ1v) is 7.34. The molecule has 2 heterocycles. The van der Waals surface area contributed by atoms with Crippen molar-refractivity contribution < 1.29 is 9.53 Å². The van der Waals surface area contributed by atoms with Crippen LogP contribution in [0.4, 0.5) is 0 Å². The third-order valence-corrected chi connectivity index (χ3v) is 3.79. The Kier molecular flexibility index (Phi) is 4.06. The fraction of sp³-hybridized carbons (Fsp3) is 0.0667. The number of methoxy groups -OCH3 is 1. The molecule has 6 nitrogen and oxygen atoms in total. The largest absolute Gasteiger partial charge is 0.497 e. The molecular weight excluding hydrogens is 300 g/mol. The lowest BCUT2D eigenvalue weighted by Crippen LogP contribution is -2.08. The topological polar surface area (TPSA) is 69.9 Å². The van der Waals surface area contributed by atoms with Gasteiger partial charge in [-0.25, -0.2) is 0 Å². The van der Waals surface area contributed by atoms with Crippen LogP contribution in [0.5, 0.6) is 5.75 Å². The second-order valence-electron chi connectivity index (χ2n) is 4.33. The first kappa shape index (κ1) is 14.2. The summed E-state index contributed by atoms with van der Waals surface area (Å²) in [4.78, 5) is 13.2. The molecule has 3 rings (SSSR count). The van der Waals surface area contributed by atoms with Gasteiger partial charge in [0.1, 0.15) is 5.75 Å². The van der Waals surface area contributed by atoms with E-state index < -0.39 is 0 Å². The zero-order valence-electron chi connectivity index (χ0n) is 11.7. The van der Waals surface area contributed by atoms with Gasteiger partial charge in [0, 0.05) is 4.88 Å². The number of nitrogens with zero attached hydrogens (tertiary/aromatic N) is 4. The van der Waals surface area contributed by atoms with Crippen LogP contribution in [0.2, 0.25) is 0 Å². The smallest absolute Gasteiger partial charge is 0.227 e. The van der Waals surface area contributed by atoms with Crippen LogP contribution in [0.25, 0.3) is 11.8 Å². The number of allylic oxidation sites excluding steroid dienone is 1. The molecule has 0 atom stereocenters. The lowest BCUT2D eigenvalue weighted by atomic mass is 10.2. The molecule has 0 amide bonds. The summed E-state index contributed by atoms with van der Waals surface area (Å²) in [6.45, 7) is 0. The van der Waals surface area contributed by atoms with Crippen LogP contribution in [-0.2, 0) is 0 Å². The number of carbonyl (C=O) groups is 1. The van der Waals surface area contributed by atoms with Gasteiger partial charge in [-0.2, -0.15) is 4.68 Å². The molecular formula is C15H12N4O2S. The van der Waals surface area contributed by atoms with Crippen molar-refractivity contribution in [1.82, 2.24) is 20.2 Å². The second kappa shape index (κ2) is 6.31. The maximum atomic E-state index is 12.2. The Morgan fingerprint density at radius 2 is 2.09 bits per heavy atom. The number of rotatable bonds is 5. The van der Waals surface area contributed by atoms with Crippen LogP contribution >= 0.6 is 11.3 Å². The lowest BCUT2D eigenvalue weighted by molar-refractivity contribution is 0.103. The number of benzene rings is 1. The third kappa shape index (κ3) is 2.94. The van der Waals surface area contributed by atoms with Crippen molar-refractivity contribution in [3.63, 3.8) is 0 Å². The van der Waals surface area contributed by atoms with E-state index >= 15 is 0 Å². The second-order valence-corrected chi connectivity index (χ2v) is 5.30. The highest BCUT2D eigenvalue weighted by Crippen LogP contribution is 2.16. The van der Waals surface area contributed by atoms with Gasteiger partial charge in [-0.15, -0.1) is 16.4 Å². The zero-order valence-corrected chi connectivity index (χ0v) is 12.5. The molecule has 0 radical (unpaired) electrons. The minimum absolute atomic E-state index is 0.165. The van der Waals surface area contributed by atoms with Crippen molar-refractivity contribution in [1.29, 1.82) is 0 Å². The van der Waals surface area contributed by atoms with Gasteiger partial charge >= 0.3 is 0 Å². The molecule has 0 saturated carbocycles. The molecule has 2 aromatic heterocycles. The first-order chi connectivity index (χ1) is 10.8. The summed E-state index contributed by atoms with van der Waals surface area (Å²) in [5.41, 5.74) is 0.693. The Bertz CT molecular complexity index is 791.